The van der Waals surface area contributed by atoms with E-state index in [0.29, 0.717) is 17.0 Å². The largest absolute Gasteiger partial charge is 0.509 e. The normalized spacial score (nSPS) is 25.0. The van der Waals surface area contributed by atoms with Crippen molar-refractivity contribution >= 4 is 6.16 Å². The Hall–Kier alpha value is -2.47. The molecule has 3 aliphatic heterocycles. The first-order valence-corrected chi connectivity index (χ1v) is 9.19. The molecular formula is C21H21F2NO3. The molecule has 6 heteroatoms. The number of nitrogens with zero attached hydrogens (tertiary/aromatic N) is 1. The van der Waals surface area contributed by atoms with Gasteiger partial charge in [-0.15, -0.1) is 0 Å². The highest BCUT2D eigenvalue weighted by molar-refractivity contribution is 5.61. The lowest BCUT2D eigenvalue weighted by molar-refractivity contribution is -0.0642. The third-order valence-corrected chi connectivity index (χ3v) is 5.41. The molecule has 0 saturated carbocycles. The Morgan fingerprint density at radius 1 is 1.00 bits per heavy atom. The third-order valence-electron chi connectivity index (χ3n) is 5.41. The molecule has 2 atom stereocenters. The molecule has 3 heterocycles. The maximum atomic E-state index is 13.7. The van der Waals surface area contributed by atoms with Crippen LogP contribution >= 0.6 is 0 Å². The van der Waals surface area contributed by atoms with Gasteiger partial charge in [0.1, 0.15) is 6.10 Å². The van der Waals surface area contributed by atoms with E-state index >= 15 is 0 Å². The Morgan fingerprint density at radius 2 is 1.74 bits per heavy atom. The van der Waals surface area contributed by atoms with Crippen molar-refractivity contribution in [3.05, 3.63) is 71.3 Å². The zero-order valence-corrected chi connectivity index (χ0v) is 14.8. The first-order chi connectivity index (χ1) is 13.1. The molecule has 0 aromatic heterocycles. The van der Waals surface area contributed by atoms with Gasteiger partial charge in [-0.2, -0.15) is 0 Å². The van der Waals surface area contributed by atoms with Crippen LogP contribution in [0.5, 0.6) is 0 Å². The van der Waals surface area contributed by atoms with Gasteiger partial charge in [0.25, 0.3) is 0 Å². The highest BCUT2D eigenvalue weighted by atomic mass is 19.2. The van der Waals surface area contributed by atoms with Crippen LogP contribution in [0.4, 0.5) is 13.6 Å². The van der Waals surface area contributed by atoms with Crippen LogP contribution < -0.4 is 0 Å². The number of halogens is 2. The maximum Gasteiger partial charge on any atom is 0.509 e. The molecule has 2 bridgehead atoms. The summed E-state index contributed by atoms with van der Waals surface area (Å²) < 4.78 is 38.2. The van der Waals surface area contributed by atoms with Crippen molar-refractivity contribution in [3.63, 3.8) is 0 Å². The van der Waals surface area contributed by atoms with E-state index in [2.05, 4.69) is 4.90 Å². The minimum Gasteiger partial charge on any atom is -0.429 e. The van der Waals surface area contributed by atoms with E-state index in [9.17, 15) is 13.6 Å². The molecule has 2 aromatic rings. The van der Waals surface area contributed by atoms with E-state index in [1.807, 2.05) is 6.07 Å². The SMILES string of the molecule is O=C(OC1CN2CCC1CC2)O[C@H](c1ccccc1)c1ccc(F)c(F)c1. The molecular weight excluding hydrogens is 352 g/mol. The highest BCUT2D eigenvalue weighted by Crippen LogP contribution is 2.32. The first kappa shape index (κ1) is 17.9. The van der Waals surface area contributed by atoms with Crippen LogP contribution in [-0.4, -0.2) is 36.8 Å². The Kier molecular flexibility index (Phi) is 5.07. The van der Waals surface area contributed by atoms with E-state index in [0.717, 1.165) is 44.6 Å². The minimum absolute atomic E-state index is 0.179. The van der Waals surface area contributed by atoms with Crippen molar-refractivity contribution in [1.29, 1.82) is 0 Å². The van der Waals surface area contributed by atoms with Crippen LogP contribution in [0.3, 0.4) is 0 Å². The van der Waals surface area contributed by atoms with Gasteiger partial charge in [-0.3, -0.25) is 4.90 Å². The molecule has 0 spiro atoms. The smallest absolute Gasteiger partial charge is 0.429 e. The fourth-order valence-corrected chi connectivity index (χ4v) is 3.92. The second kappa shape index (κ2) is 7.64. The van der Waals surface area contributed by atoms with Crippen molar-refractivity contribution in [1.82, 2.24) is 4.90 Å². The van der Waals surface area contributed by atoms with Crippen LogP contribution in [-0.2, 0) is 9.47 Å². The second-order valence-electron chi connectivity index (χ2n) is 7.13. The van der Waals surface area contributed by atoms with E-state index in [1.165, 1.54) is 6.07 Å². The third kappa shape index (κ3) is 3.95. The molecule has 2 aromatic carbocycles. The monoisotopic (exact) mass is 373 g/mol. The number of carbonyl (C=O) groups excluding carboxylic acids is 1. The zero-order valence-electron chi connectivity index (χ0n) is 14.8. The molecule has 3 saturated heterocycles. The Balaban J connectivity index is 1.52. The average molecular weight is 373 g/mol. The number of fused-ring (bicyclic) bond motifs is 3. The summed E-state index contributed by atoms with van der Waals surface area (Å²) in [5.74, 6) is -1.57. The summed E-state index contributed by atoms with van der Waals surface area (Å²) in [6.45, 7) is 2.81. The number of benzene rings is 2. The predicted octanol–water partition coefficient (Wildman–Crippen LogP) is 4.30. The number of hydrogen-bond acceptors (Lipinski definition) is 4. The molecule has 142 valence electrons. The predicted molar refractivity (Wildman–Crippen MR) is 95.2 cm³/mol. The van der Waals surface area contributed by atoms with Gasteiger partial charge in [0, 0.05) is 12.1 Å². The fourth-order valence-electron chi connectivity index (χ4n) is 3.92. The van der Waals surface area contributed by atoms with E-state index in [4.69, 9.17) is 9.47 Å². The van der Waals surface area contributed by atoms with E-state index in [1.54, 1.807) is 24.3 Å². The minimum atomic E-state index is -0.984. The van der Waals surface area contributed by atoms with Crippen molar-refractivity contribution < 1.29 is 23.0 Å². The molecule has 0 amide bonds. The Morgan fingerprint density at radius 3 is 2.37 bits per heavy atom. The van der Waals surface area contributed by atoms with Crippen LogP contribution in [0.15, 0.2) is 48.5 Å². The summed E-state index contributed by atoms with van der Waals surface area (Å²) in [5, 5.41) is 0. The molecule has 4 nitrogen and oxygen atoms in total. The lowest BCUT2D eigenvalue weighted by Crippen LogP contribution is -2.52. The van der Waals surface area contributed by atoms with E-state index < -0.39 is 23.9 Å². The zero-order chi connectivity index (χ0) is 18.8. The van der Waals surface area contributed by atoms with E-state index in [-0.39, 0.29) is 6.10 Å². The summed E-state index contributed by atoms with van der Waals surface area (Å²) in [5.41, 5.74) is 1.01. The molecule has 3 fully saturated rings. The lowest BCUT2D eigenvalue weighted by atomic mass is 9.86. The lowest BCUT2D eigenvalue weighted by Gasteiger charge is -2.43. The topological polar surface area (TPSA) is 38.8 Å². The van der Waals surface area contributed by atoms with Crippen molar-refractivity contribution in [2.75, 3.05) is 19.6 Å². The second-order valence-corrected chi connectivity index (χ2v) is 7.13. The fraction of sp³-hybridized carbons (Fsp3) is 0.381. The standard InChI is InChI=1S/C21H21F2NO3/c22-17-7-6-16(12-18(17)23)20(15-4-2-1-3-5-15)27-21(25)26-19-13-24-10-8-14(19)9-11-24/h1-7,12,14,19-20H,8-11,13H2/t19?,20-/m1/s1. The molecule has 0 radical (unpaired) electrons. The van der Waals surface area contributed by atoms with Crippen LogP contribution in [0, 0.1) is 17.6 Å². The van der Waals surface area contributed by atoms with Crippen molar-refractivity contribution in [2.45, 2.75) is 25.0 Å². The number of ether oxygens (including phenoxy) is 2. The molecule has 5 rings (SSSR count). The van der Waals surface area contributed by atoms with Gasteiger partial charge in [0.05, 0.1) is 0 Å². The van der Waals surface area contributed by atoms with Crippen LogP contribution in [0.2, 0.25) is 0 Å². The molecule has 3 aliphatic rings. The Labute approximate surface area is 156 Å². The maximum absolute atomic E-state index is 13.7. The van der Waals surface area contributed by atoms with Crippen molar-refractivity contribution in [2.24, 2.45) is 5.92 Å². The van der Waals surface area contributed by atoms with Gasteiger partial charge >= 0.3 is 6.16 Å². The summed E-state index contributed by atoms with van der Waals surface area (Å²) in [6.07, 6.45) is 0.204. The van der Waals surface area contributed by atoms with Gasteiger partial charge < -0.3 is 9.47 Å². The quantitative estimate of drug-likeness (QED) is 0.749. The molecule has 0 N–H and O–H groups in total. The summed E-state index contributed by atoms with van der Waals surface area (Å²) >= 11 is 0. The number of carbonyl (C=O) groups is 1. The van der Waals surface area contributed by atoms with Gasteiger partial charge in [0.2, 0.25) is 0 Å². The van der Waals surface area contributed by atoms with Gasteiger partial charge in [-0.1, -0.05) is 36.4 Å². The van der Waals surface area contributed by atoms with Crippen LogP contribution in [0.1, 0.15) is 30.1 Å². The van der Waals surface area contributed by atoms with Gasteiger partial charge in [0.15, 0.2) is 17.7 Å². The first-order valence-electron chi connectivity index (χ1n) is 9.19. The van der Waals surface area contributed by atoms with Crippen LogP contribution in [0.25, 0.3) is 0 Å². The average Bonchev–Trinajstić information content (AvgIpc) is 2.70. The number of piperidine rings is 3. The highest BCUT2D eigenvalue weighted by Gasteiger charge is 2.37. The molecule has 0 aliphatic carbocycles. The summed E-state index contributed by atoms with van der Waals surface area (Å²) in [4.78, 5) is 14.7. The van der Waals surface area contributed by atoms with Gasteiger partial charge in [-0.05, 0) is 49.5 Å². The number of hydrogen-bond donors (Lipinski definition) is 0. The van der Waals surface area contributed by atoms with Crippen molar-refractivity contribution in [3.8, 4) is 0 Å². The number of rotatable bonds is 4. The summed E-state index contributed by atoms with van der Waals surface area (Å²) in [7, 11) is 0. The Bertz CT molecular complexity index is 806. The van der Waals surface area contributed by atoms with Gasteiger partial charge in [-0.25, -0.2) is 13.6 Å². The molecule has 1 unspecified atom stereocenters. The summed E-state index contributed by atoms with van der Waals surface area (Å²) in [6, 6.07) is 12.5. The molecule has 27 heavy (non-hydrogen) atoms.